The van der Waals surface area contributed by atoms with E-state index in [0.29, 0.717) is 0 Å². The summed E-state index contributed by atoms with van der Waals surface area (Å²) in [5.41, 5.74) is 1.84. The second-order valence-electron chi connectivity index (χ2n) is 6.91. The summed E-state index contributed by atoms with van der Waals surface area (Å²) in [6.45, 7) is 3.79. The van der Waals surface area contributed by atoms with Gasteiger partial charge in [0.2, 0.25) is 0 Å². The lowest BCUT2D eigenvalue weighted by molar-refractivity contribution is 0.0726. The number of carbonyl (C=O) groups excluding carboxylic acids is 1. The average molecular weight is 324 g/mol. The van der Waals surface area contributed by atoms with Gasteiger partial charge in [0, 0.05) is 25.1 Å². The molecule has 24 heavy (non-hydrogen) atoms. The van der Waals surface area contributed by atoms with Crippen molar-refractivity contribution in [2.24, 2.45) is 0 Å². The lowest BCUT2D eigenvalue weighted by atomic mass is 10.1. The summed E-state index contributed by atoms with van der Waals surface area (Å²) in [5, 5.41) is 8.91. The Bertz CT molecular complexity index is 752. The van der Waals surface area contributed by atoms with Crippen LogP contribution in [0.4, 0.5) is 0 Å². The third-order valence-electron chi connectivity index (χ3n) is 5.33. The van der Waals surface area contributed by atoms with Crippen molar-refractivity contribution in [3.05, 3.63) is 47.0 Å². The summed E-state index contributed by atoms with van der Waals surface area (Å²) in [6.07, 6.45) is 6.64. The zero-order chi connectivity index (χ0) is 16.5. The van der Waals surface area contributed by atoms with Crippen LogP contribution in [0.1, 0.15) is 65.7 Å². The van der Waals surface area contributed by atoms with Crippen LogP contribution in [0.15, 0.2) is 24.3 Å². The minimum atomic E-state index is 0.0662. The van der Waals surface area contributed by atoms with Gasteiger partial charge in [-0.2, -0.15) is 0 Å². The first-order valence-corrected chi connectivity index (χ1v) is 9.04. The highest BCUT2D eigenvalue weighted by molar-refractivity contribution is 5.96. The number of hydrogen-bond donors (Lipinski definition) is 0. The first kappa shape index (κ1) is 15.4. The monoisotopic (exact) mass is 324 g/mol. The number of benzene rings is 1. The topological polar surface area (TPSA) is 51.0 Å². The quantitative estimate of drug-likeness (QED) is 0.852. The number of aromatic nitrogens is 3. The zero-order valence-corrected chi connectivity index (χ0v) is 14.2. The molecule has 2 aliphatic heterocycles. The van der Waals surface area contributed by atoms with Crippen LogP contribution in [0, 0.1) is 6.92 Å². The molecule has 1 saturated heterocycles. The Morgan fingerprint density at radius 3 is 2.83 bits per heavy atom. The Morgan fingerprint density at radius 1 is 1.08 bits per heavy atom. The Hall–Kier alpha value is -2.17. The highest BCUT2D eigenvalue weighted by Gasteiger charge is 2.35. The van der Waals surface area contributed by atoms with Crippen LogP contribution in [0.3, 0.4) is 0 Å². The molecule has 0 unspecified atom stereocenters. The molecule has 1 aromatic carbocycles. The summed E-state index contributed by atoms with van der Waals surface area (Å²) in [5.74, 6) is 2.21. The molecule has 0 bridgehead atoms. The smallest absolute Gasteiger partial charge is 0.254 e. The van der Waals surface area contributed by atoms with E-state index in [1.54, 1.807) is 0 Å². The van der Waals surface area contributed by atoms with Crippen molar-refractivity contribution >= 4 is 5.91 Å². The number of nitrogens with zero attached hydrogens (tertiary/aromatic N) is 4. The van der Waals surface area contributed by atoms with Crippen molar-refractivity contribution in [2.45, 2.75) is 58.0 Å². The molecular weight excluding hydrogens is 300 g/mol. The molecule has 5 heteroatoms. The number of fused-ring (bicyclic) bond motifs is 1. The molecule has 0 saturated carbocycles. The standard InChI is InChI=1S/C19H24N4O/c1-14-8-4-5-9-15(14)19(24)22-13-7-10-16(22)18-21-20-17-11-3-2-6-12-23(17)18/h4-5,8-9,16H,2-3,6-7,10-13H2,1H3/t16-/m0/s1. The largest absolute Gasteiger partial charge is 0.328 e. The maximum Gasteiger partial charge on any atom is 0.254 e. The lowest BCUT2D eigenvalue weighted by Crippen LogP contribution is -2.32. The first-order chi connectivity index (χ1) is 11.8. The molecule has 4 rings (SSSR count). The first-order valence-electron chi connectivity index (χ1n) is 9.04. The highest BCUT2D eigenvalue weighted by atomic mass is 16.2. The van der Waals surface area contributed by atoms with Crippen molar-refractivity contribution < 1.29 is 4.79 Å². The van der Waals surface area contributed by atoms with Gasteiger partial charge in [-0.05, 0) is 44.2 Å². The molecule has 0 radical (unpaired) electrons. The van der Waals surface area contributed by atoms with Gasteiger partial charge in [-0.1, -0.05) is 24.6 Å². The number of amides is 1. The fraction of sp³-hybridized carbons (Fsp3) is 0.526. The Balaban J connectivity index is 1.65. The summed E-state index contributed by atoms with van der Waals surface area (Å²) in [4.78, 5) is 15.1. The van der Waals surface area contributed by atoms with Gasteiger partial charge in [0.1, 0.15) is 5.82 Å². The fourth-order valence-electron chi connectivity index (χ4n) is 4.00. The molecule has 0 aliphatic carbocycles. The SMILES string of the molecule is Cc1ccccc1C(=O)N1CCC[C@H]1c1nnc2n1CCCCC2. The van der Waals surface area contributed by atoms with E-state index in [1.165, 1.54) is 19.3 Å². The molecule has 1 amide bonds. The van der Waals surface area contributed by atoms with Crippen molar-refractivity contribution in [1.29, 1.82) is 0 Å². The lowest BCUT2D eigenvalue weighted by Gasteiger charge is -2.25. The van der Waals surface area contributed by atoms with Crippen molar-refractivity contribution in [3.63, 3.8) is 0 Å². The number of hydrogen-bond acceptors (Lipinski definition) is 3. The van der Waals surface area contributed by atoms with Gasteiger partial charge >= 0.3 is 0 Å². The summed E-state index contributed by atoms with van der Waals surface area (Å²) in [7, 11) is 0. The van der Waals surface area contributed by atoms with Crippen LogP contribution in [0.2, 0.25) is 0 Å². The van der Waals surface area contributed by atoms with Gasteiger partial charge in [0.05, 0.1) is 6.04 Å². The Labute approximate surface area is 142 Å². The predicted molar refractivity (Wildman–Crippen MR) is 91.8 cm³/mol. The summed E-state index contributed by atoms with van der Waals surface area (Å²) in [6, 6.07) is 7.91. The number of likely N-dealkylation sites (tertiary alicyclic amines) is 1. The molecule has 5 nitrogen and oxygen atoms in total. The maximum absolute atomic E-state index is 13.1. The van der Waals surface area contributed by atoms with E-state index in [-0.39, 0.29) is 11.9 Å². The van der Waals surface area contributed by atoms with Gasteiger partial charge in [-0.15, -0.1) is 10.2 Å². The van der Waals surface area contributed by atoms with Gasteiger partial charge in [0.15, 0.2) is 5.82 Å². The molecule has 0 spiro atoms. The molecule has 1 aromatic heterocycles. The highest BCUT2D eigenvalue weighted by Crippen LogP contribution is 2.33. The molecule has 3 heterocycles. The van der Waals surface area contributed by atoms with E-state index < -0.39 is 0 Å². The molecule has 2 aliphatic rings. The fourth-order valence-corrected chi connectivity index (χ4v) is 4.00. The van der Waals surface area contributed by atoms with Gasteiger partial charge in [0.25, 0.3) is 5.91 Å². The maximum atomic E-state index is 13.1. The van der Waals surface area contributed by atoms with Crippen LogP contribution in [-0.4, -0.2) is 32.1 Å². The predicted octanol–water partition coefficient (Wildman–Crippen LogP) is 3.29. The normalized spacial score (nSPS) is 20.7. The second kappa shape index (κ2) is 6.38. The molecule has 0 N–H and O–H groups in total. The molecular formula is C19H24N4O. The van der Waals surface area contributed by atoms with Crippen molar-refractivity contribution in [2.75, 3.05) is 6.54 Å². The summed E-state index contributed by atoms with van der Waals surface area (Å²) < 4.78 is 2.28. The average Bonchev–Trinajstić information content (AvgIpc) is 3.15. The van der Waals surface area contributed by atoms with Crippen LogP contribution in [0.25, 0.3) is 0 Å². The third kappa shape index (κ3) is 2.62. The van der Waals surface area contributed by atoms with Crippen LogP contribution < -0.4 is 0 Å². The van der Waals surface area contributed by atoms with E-state index in [0.717, 1.165) is 55.1 Å². The van der Waals surface area contributed by atoms with Crippen molar-refractivity contribution in [3.8, 4) is 0 Å². The van der Waals surface area contributed by atoms with Crippen LogP contribution in [-0.2, 0) is 13.0 Å². The van der Waals surface area contributed by atoms with E-state index in [2.05, 4.69) is 14.8 Å². The third-order valence-corrected chi connectivity index (χ3v) is 5.33. The zero-order valence-electron chi connectivity index (χ0n) is 14.2. The summed E-state index contributed by atoms with van der Waals surface area (Å²) >= 11 is 0. The van der Waals surface area contributed by atoms with E-state index in [1.807, 2.05) is 36.1 Å². The molecule has 1 atom stereocenters. The van der Waals surface area contributed by atoms with Crippen LogP contribution >= 0.6 is 0 Å². The number of carbonyl (C=O) groups is 1. The minimum Gasteiger partial charge on any atom is -0.328 e. The molecule has 2 aromatic rings. The Morgan fingerprint density at radius 2 is 1.96 bits per heavy atom. The minimum absolute atomic E-state index is 0.0662. The number of aryl methyl sites for hydroxylation is 2. The van der Waals surface area contributed by atoms with Crippen molar-refractivity contribution in [1.82, 2.24) is 19.7 Å². The molecule has 126 valence electrons. The van der Waals surface area contributed by atoms with Gasteiger partial charge < -0.3 is 9.47 Å². The van der Waals surface area contributed by atoms with E-state index >= 15 is 0 Å². The van der Waals surface area contributed by atoms with Gasteiger partial charge in [-0.3, -0.25) is 4.79 Å². The van der Waals surface area contributed by atoms with Crippen LogP contribution in [0.5, 0.6) is 0 Å². The van der Waals surface area contributed by atoms with Gasteiger partial charge in [-0.25, -0.2) is 0 Å². The second-order valence-corrected chi connectivity index (χ2v) is 6.91. The molecule has 1 fully saturated rings. The number of rotatable bonds is 2. The Kier molecular flexibility index (Phi) is 4.08. The van der Waals surface area contributed by atoms with E-state index in [9.17, 15) is 4.79 Å². The van der Waals surface area contributed by atoms with E-state index in [4.69, 9.17) is 0 Å².